The van der Waals surface area contributed by atoms with Gasteiger partial charge in [0.05, 0.1) is 5.02 Å². The molecule has 0 amide bonds. The predicted molar refractivity (Wildman–Crippen MR) is 38.0 cm³/mol. The maximum absolute atomic E-state index is 13.0. The van der Waals surface area contributed by atoms with Crippen LogP contribution in [-0.4, -0.2) is 14.6 Å². The Morgan fingerprint density at radius 2 is 2.27 bits per heavy atom. The van der Waals surface area contributed by atoms with E-state index < -0.39 is 5.95 Å². The van der Waals surface area contributed by atoms with Gasteiger partial charge in [-0.25, -0.2) is 0 Å². The second-order valence-corrected chi connectivity index (χ2v) is 2.44. The van der Waals surface area contributed by atoms with E-state index in [1.807, 2.05) is 0 Å². The Morgan fingerprint density at radius 3 is 3.09 bits per heavy atom. The van der Waals surface area contributed by atoms with Gasteiger partial charge in [-0.3, -0.25) is 4.40 Å². The number of nitrogens with zero attached hydrogens (tertiary/aromatic N) is 3. The van der Waals surface area contributed by atoms with Crippen molar-refractivity contribution >= 4 is 17.2 Å². The largest absolute Gasteiger partial charge is 0.256 e. The molecule has 0 saturated carbocycles. The third-order valence-electron chi connectivity index (χ3n) is 1.36. The number of pyridine rings is 1. The van der Waals surface area contributed by atoms with Gasteiger partial charge in [-0.15, -0.1) is 10.2 Å². The van der Waals surface area contributed by atoms with Crippen LogP contribution in [0.15, 0.2) is 18.5 Å². The summed E-state index contributed by atoms with van der Waals surface area (Å²) in [6, 6.07) is 3.04. The van der Waals surface area contributed by atoms with Crippen LogP contribution < -0.4 is 0 Å². The van der Waals surface area contributed by atoms with Gasteiger partial charge in [-0.1, -0.05) is 11.6 Å². The fourth-order valence-electron chi connectivity index (χ4n) is 0.840. The van der Waals surface area contributed by atoms with Gasteiger partial charge in [-0.05, 0) is 12.1 Å². The monoisotopic (exact) mass is 171 g/mol. The molecule has 0 N–H and O–H groups in total. The lowest BCUT2D eigenvalue weighted by Gasteiger charge is -1.94. The van der Waals surface area contributed by atoms with Crippen molar-refractivity contribution < 1.29 is 4.39 Å². The van der Waals surface area contributed by atoms with Crippen LogP contribution in [0.1, 0.15) is 0 Å². The van der Waals surface area contributed by atoms with Gasteiger partial charge in [0.15, 0.2) is 5.65 Å². The Kier molecular flexibility index (Phi) is 1.29. The highest BCUT2D eigenvalue weighted by molar-refractivity contribution is 6.30. The minimum atomic E-state index is -0.533. The lowest BCUT2D eigenvalue weighted by atomic mass is 10.5. The van der Waals surface area contributed by atoms with Crippen LogP contribution in [-0.2, 0) is 0 Å². The highest BCUT2D eigenvalue weighted by atomic mass is 35.5. The molecule has 2 aromatic rings. The van der Waals surface area contributed by atoms with E-state index in [2.05, 4.69) is 10.2 Å². The molecular formula is C6H3ClFN3. The van der Waals surface area contributed by atoms with Crippen LogP contribution in [0.4, 0.5) is 4.39 Å². The highest BCUT2D eigenvalue weighted by Crippen LogP contribution is 2.14. The molecule has 0 aliphatic heterocycles. The molecule has 5 heteroatoms. The van der Waals surface area contributed by atoms with Crippen LogP contribution in [0.3, 0.4) is 0 Å². The van der Waals surface area contributed by atoms with Crippen molar-refractivity contribution in [2.45, 2.75) is 0 Å². The van der Waals surface area contributed by atoms with Crippen LogP contribution in [0.2, 0.25) is 5.02 Å². The summed E-state index contributed by atoms with van der Waals surface area (Å²) in [4.78, 5) is 0. The predicted octanol–water partition coefficient (Wildman–Crippen LogP) is 1.52. The molecule has 0 aromatic carbocycles. The van der Waals surface area contributed by atoms with E-state index in [4.69, 9.17) is 11.6 Å². The van der Waals surface area contributed by atoms with Gasteiger partial charge in [-0.2, -0.15) is 4.39 Å². The fraction of sp³-hybridized carbons (Fsp3) is 0. The average molecular weight is 172 g/mol. The Labute approximate surface area is 66.4 Å². The van der Waals surface area contributed by atoms with Crippen molar-refractivity contribution in [1.82, 2.24) is 14.6 Å². The first-order chi connectivity index (χ1) is 5.29. The zero-order chi connectivity index (χ0) is 7.84. The third kappa shape index (κ3) is 0.867. The van der Waals surface area contributed by atoms with E-state index in [-0.39, 0.29) is 5.02 Å². The van der Waals surface area contributed by atoms with Gasteiger partial charge in [0.2, 0.25) is 5.95 Å². The molecule has 3 nitrogen and oxygen atoms in total. The molecule has 2 aromatic heterocycles. The normalized spacial score (nSPS) is 10.7. The summed E-state index contributed by atoms with van der Waals surface area (Å²) in [6.07, 6.45) is 1.27. The SMILES string of the molecule is Fc1c(Cl)ccc2nncn12. The van der Waals surface area contributed by atoms with E-state index >= 15 is 0 Å². The fourth-order valence-corrected chi connectivity index (χ4v) is 0.994. The molecule has 11 heavy (non-hydrogen) atoms. The van der Waals surface area contributed by atoms with Crippen molar-refractivity contribution in [2.24, 2.45) is 0 Å². The third-order valence-corrected chi connectivity index (χ3v) is 1.64. The number of aromatic nitrogens is 3. The Hall–Kier alpha value is -1.16. The number of halogens is 2. The standard InChI is InChI=1S/C6H3ClFN3/c7-4-1-2-5-10-9-3-11(5)6(4)8/h1-3H. The summed E-state index contributed by atoms with van der Waals surface area (Å²) in [5, 5.41) is 7.22. The lowest BCUT2D eigenvalue weighted by Crippen LogP contribution is -1.90. The van der Waals surface area contributed by atoms with Crippen molar-refractivity contribution in [3.8, 4) is 0 Å². The van der Waals surface area contributed by atoms with E-state index in [0.29, 0.717) is 5.65 Å². The first kappa shape index (κ1) is 6.54. The molecule has 0 bridgehead atoms. The highest BCUT2D eigenvalue weighted by Gasteiger charge is 2.04. The molecule has 0 atom stereocenters. The molecule has 0 unspecified atom stereocenters. The molecular weight excluding hydrogens is 169 g/mol. The average Bonchev–Trinajstić information content (AvgIpc) is 2.45. The molecule has 0 fully saturated rings. The number of fused-ring (bicyclic) bond motifs is 1. The number of hydrogen-bond acceptors (Lipinski definition) is 2. The van der Waals surface area contributed by atoms with Crippen LogP contribution in [0.25, 0.3) is 5.65 Å². The maximum Gasteiger partial charge on any atom is 0.219 e. The van der Waals surface area contributed by atoms with Crippen LogP contribution in [0.5, 0.6) is 0 Å². The van der Waals surface area contributed by atoms with E-state index in [1.54, 1.807) is 6.07 Å². The first-order valence-electron chi connectivity index (χ1n) is 2.93. The molecule has 0 aliphatic rings. The summed E-state index contributed by atoms with van der Waals surface area (Å²) >= 11 is 5.49. The van der Waals surface area contributed by atoms with Gasteiger partial charge in [0, 0.05) is 0 Å². The van der Waals surface area contributed by atoms with Gasteiger partial charge in [0.1, 0.15) is 6.33 Å². The second kappa shape index (κ2) is 2.17. The quantitative estimate of drug-likeness (QED) is 0.563. The molecule has 0 spiro atoms. The van der Waals surface area contributed by atoms with Crippen LogP contribution in [0, 0.1) is 5.95 Å². The molecule has 0 radical (unpaired) electrons. The number of hydrogen-bond donors (Lipinski definition) is 0. The Balaban J connectivity index is 2.93. The van der Waals surface area contributed by atoms with Crippen molar-refractivity contribution in [3.05, 3.63) is 29.4 Å². The van der Waals surface area contributed by atoms with E-state index in [1.165, 1.54) is 16.8 Å². The minimum Gasteiger partial charge on any atom is -0.256 e. The molecule has 0 saturated heterocycles. The summed E-state index contributed by atoms with van der Waals surface area (Å²) in [6.45, 7) is 0. The van der Waals surface area contributed by atoms with Crippen LogP contribution >= 0.6 is 11.6 Å². The second-order valence-electron chi connectivity index (χ2n) is 2.03. The molecule has 2 rings (SSSR count). The summed E-state index contributed by atoms with van der Waals surface area (Å²) in [7, 11) is 0. The van der Waals surface area contributed by atoms with E-state index in [0.717, 1.165) is 0 Å². The minimum absolute atomic E-state index is 0.0669. The molecule has 56 valence electrons. The maximum atomic E-state index is 13.0. The Morgan fingerprint density at radius 1 is 1.45 bits per heavy atom. The van der Waals surface area contributed by atoms with Crippen molar-refractivity contribution in [3.63, 3.8) is 0 Å². The zero-order valence-corrected chi connectivity index (χ0v) is 6.09. The smallest absolute Gasteiger partial charge is 0.219 e. The number of rotatable bonds is 0. The summed E-state index contributed by atoms with van der Waals surface area (Å²) in [5.74, 6) is -0.533. The first-order valence-corrected chi connectivity index (χ1v) is 3.30. The van der Waals surface area contributed by atoms with Crippen molar-refractivity contribution in [2.75, 3.05) is 0 Å². The zero-order valence-electron chi connectivity index (χ0n) is 5.33. The topological polar surface area (TPSA) is 30.2 Å². The van der Waals surface area contributed by atoms with Gasteiger partial charge in [0.25, 0.3) is 0 Å². The van der Waals surface area contributed by atoms with Crippen molar-refractivity contribution in [1.29, 1.82) is 0 Å². The van der Waals surface area contributed by atoms with Gasteiger partial charge >= 0.3 is 0 Å². The van der Waals surface area contributed by atoms with E-state index in [9.17, 15) is 4.39 Å². The Bertz CT molecular complexity index is 398. The molecule has 2 heterocycles. The lowest BCUT2D eigenvalue weighted by molar-refractivity contribution is 0.567. The summed E-state index contributed by atoms with van der Waals surface area (Å²) < 4.78 is 14.2. The summed E-state index contributed by atoms with van der Waals surface area (Å²) in [5.41, 5.74) is 0.451. The molecule has 0 aliphatic carbocycles. The van der Waals surface area contributed by atoms with Gasteiger partial charge < -0.3 is 0 Å².